The van der Waals surface area contributed by atoms with Gasteiger partial charge in [0, 0.05) is 24.7 Å². The molecule has 0 saturated heterocycles. The first-order valence-corrected chi connectivity index (χ1v) is 9.67. The van der Waals surface area contributed by atoms with Gasteiger partial charge in [-0.05, 0) is 30.5 Å². The highest BCUT2D eigenvalue weighted by molar-refractivity contribution is 6.03. The fraction of sp³-hybridized carbons (Fsp3) is 0.364. The largest absolute Gasteiger partial charge is 0.478 e. The number of carboxylic acids is 3. The minimum atomic E-state index is -1.38. The third kappa shape index (κ3) is 13.1. The Morgan fingerprint density at radius 2 is 1.53 bits per heavy atom. The van der Waals surface area contributed by atoms with Gasteiger partial charge in [-0.1, -0.05) is 19.2 Å². The molecular formula is C22H30O12. The van der Waals surface area contributed by atoms with Crippen molar-refractivity contribution in [1.29, 1.82) is 0 Å². The zero-order valence-electron chi connectivity index (χ0n) is 18.6. The number of aliphatic hydroxyl groups is 4. The first kappa shape index (κ1) is 32.6. The number of aliphatic hydroxyl groups excluding tert-OH is 4. The van der Waals surface area contributed by atoms with Crippen molar-refractivity contribution in [2.24, 2.45) is 0 Å². The summed E-state index contributed by atoms with van der Waals surface area (Å²) in [5.74, 6) is -4.29. The van der Waals surface area contributed by atoms with Gasteiger partial charge in [-0.25, -0.2) is 19.2 Å². The number of hydrogen-bond acceptors (Lipinski definition) is 9. The Morgan fingerprint density at radius 3 is 1.85 bits per heavy atom. The number of aromatic carboxylic acids is 2. The Hall–Kier alpha value is -3.58. The number of esters is 1. The van der Waals surface area contributed by atoms with E-state index in [-0.39, 0.29) is 61.5 Å². The van der Waals surface area contributed by atoms with Gasteiger partial charge in [-0.3, -0.25) is 0 Å². The van der Waals surface area contributed by atoms with Crippen LogP contribution in [0.4, 0.5) is 0 Å². The molecule has 0 aliphatic heterocycles. The Bertz CT molecular complexity index is 844. The highest BCUT2D eigenvalue weighted by Crippen LogP contribution is 2.21. The zero-order chi connectivity index (χ0) is 26.8. The Labute approximate surface area is 195 Å². The van der Waals surface area contributed by atoms with E-state index in [0.717, 1.165) is 6.08 Å². The molecule has 0 spiro atoms. The van der Waals surface area contributed by atoms with Gasteiger partial charge in [-0.2, -0.15) is 0 Å². The SMILES string of the molecule is C=C(C)C(=O)O.C=CC(=O)OCCc1ccc(C(=O)O)c(C(=O)O)c1CCO.OCC(O)CO. The summed E-state index contributed by atoms with van der Waals surface area (Å²) in [4.78, 5) is 43.1. The third-order valence-corrected chi connectivity index (χ3v) is 3.78. The fourth-order valence-corrected chi connectivity index (χ4v) is 2.12. The molecular weight excluding hydrogens is 456 g/mol. The van der Waals surface area contributed by atoms with Gasteiger partial charge >= 0.3 is 23.9 Å². The molecule has 0 aromatic heterocycles. The lowest BCUT2D eigenvalue weighted by Crippen LogP contribution is -2.16. The minimum absolute atomic E-state index is 0.00520. The first-order chi connectivity index (χ1) is 15.9. The highest BCUT2D eigenvalue weighted by atomic mass is 16.5. The van der Waals surface area contributed by atoms with E-state index < -0.39 is 30.0 Å². The van der Waals surface area contributed by atoms with Crippen molar-refractivity contribution in [3.05, 3.63) is 59.2 Å². The van der Waals surface area contributed by atoms with Crippen molar-refractivity contribution < 1.29 is 59.7 Å². The van der Waals surface area contributed by atoms with Crippen LogP contribution in [0.2, 0.25) is 0 Å². The van der Waals surface area contributed by atoms with E-state index in [4.69, 9.17) is 35.4 Å². The Kier molecular flexibility index (Phi) is 17.2. The van der Waals surface area contributed by atoms with Gasteiger partial charge in [0.2, 0.25) is 0 Å². The summed E-state index contributed by atoms with van der Waals surface area (Å²) in [5, 5.41) is 59.3. The van der Waals surface area contributed by atoms with Crippen molar-refractivity contribution in [1.82, 2.24) is 0 Å². The van der Waals surface area contributed by atoms with E-state index >= 15 is 0 Å². The molecule has 190 valence electrons. The molecule has 0 aliphatic rings. The molecule has 0 bridgehead atoms. The number of rotatable bonds is 11. The average molecular weight is 486 g/mol. The predicted molar refractivity (Wildman–Crippen MR) is 119 cm³/mol. The molecule has 1 aromatic rings. The van der Waals surface area contributed by atoms with Crippen molar-refractivity contribution in [3.8, 4) is 0 Å². The number of carbonyl (C=O) groups excluding carboxylic acids is 1. The minimum Gasteiger partial charge on any atom is -0.478 e. The van der Waals surface area contributed by atoms with Crippen LogP contribution in [0, 0.1) is 0 Å². The van der Waals surface area contributed by atoms with Crippen LogP contribution in [0.3, 0.4) is 0 Å². The van der Waals surface area contributed by atoms with Crippen LogP contribution >= 0.6 is 0 Å². The van der Waals surface area contributed by atoms with Crippen LogP contribution in [0.15, 0.2) is 36.9 Å². The molecule has 12 nitrogen and oxygen atoms in total. The highest BCUT2D eigenvalue weighted by Gasteiger charge is 2.22. The Morgan fingerprint density at radius 1 is 1.00 bits per heavy atom. The number of ether oxygens (including phenoxy) is 1. The van der Waals surface area contributed by atoms with Gasteiger partial charge in [0.05, 0.1) is 30.9 Å². The van der Waals surface area contributed by atoms with E-state index in [1.54, 1.807) is 0 Å². The molecule has 0 aliphatic carbocycles. The van der Waals surface area contributed by atoms with Crippen LogP contribution in [-0.2, 0) is 27.2 Å². The van der Waals surface area contributed by atoms with E-state index in [9.17, 15) is 24.3 Å². The van der Waals surface area contributed by atoms with Gasteiger partial charge in [0.25, 0.3) is 0 Å². The summed E-state index contributed by atoms with van der Waals surface area (Å²) in [5.41, 5.74) is 0.213. The van der Waals surface area contributed by atoms with Crippen LogP contribution < -0.4 is 0 Å². The number of hydrogen-bond donors (Lipinski definition) is 7. The molecule has 12 heteroatoms. The number of aliphatic carboxylic acids is 1. The van der Waals surface area contributed by atoms with Crippen molar-refractivity contribution >= 4 is 23.9 Å². The molecule has 0 amide bonds. The second kappa shape index (κ2) is 17.9. The summed E-state index contributed by atoms with van der Waals surface area (Å²) in [6, 6.07) is 2.65. The summed E-state index contributed by atoms with van der Waals surface area (Å²) >= 11 is 0. The quantitative estimate of drug-likeness (QED) is 0.161. The van der Waals surface area contributed by atoms with Crippen LogP contribution in [0.25, 0.3) is 0 Å². The maximum atomic E-state index is 11.4. The normalized spacial score (nSPS) is 9.59. The second-order valence-corrected chi connectivity index (χ2v) is 6.44. The second-order valence-electron chi connectivity index (χ2n) is 6.44. The van der Waals surface area contributed by atoms with E-state index in [1.807, 2.05) is 0 Å². The van der Waals surface area contributed by atoms with Gasteiger partial charge in [0.15, 0.2) is 0 Å². The summed E-state index contributed by atoms with van der Waals surface area (Å²) < 4.78 is 4.82. The molecule has 7 N–H and O–H groups in total. The molecule has 0 radical (unpaired) electrons. The zero-order valence-corrected chi connectivity index (χ0v) is 18.6. The summed E-state index contributed by atoms with van der Waals surface area (Å²) in [6.07, 6.45) is 0.248. The van der Waals surface area contributed by atoms with Crippen molar-refractivity contribution in [2.75, 3.05) is 26.4 Å². The lowest BCUT2D eigenvalue weighted by molar-refractivity contribution is -0.137. The lowest BCUT2D eigenvalue weighted by Gasteiger charge is -2.14. The molecule has 0 heterocycles. The molecule has 34 heavy (non-hydrogen) atoms. The molecule has 0 unspecified atom stereocenters. The molecule has 1 aromatic carbocycles. The van der Waals surface area contributed by atoms with E-state index in [0.29, 0.717) is 5.56 Å². The van der Waals surface area contributed by atoms with Crippen molar-refractivity contribution in [3.63, 3.8) is 0 Å². The monoisotopic (exact) mass is 486 g/mol. The van der Waals surface area contributed by atoms with E-state index in [1.165, 1.54) is 19.1 Å². The number of carboxylic acid groups (broad SMARTS) is 3. The molecule has 0 saturated carbocycles. The van der Waals surface area contributed by atoms with Crippen LogP contribution in [0.5, 0.6) is 0 Å². The van der Waals surface area contributed by atoms with Gasteiger partial charge in [-0.15, -0.1) is 0 Å². The number of carbonyl (C=O) groups is 4. The van der Waals surface area contributed by atoms with E-state index in [2.05, 4.69) is 13.2 Å². The third-order valence-electron chi connectivity index (χ3n) is 3.78. The standard InChI is InChI=1S/C15H16O7.C4H6O2.C3H8O3/c1-2-12(17)22-8-6-9-3-4-11(14(18)19)13(15(20)21)10(9)5-7-16;1-3(2)4(5)6;4-1-3(6)2-5/h2-4,16H,1,5-8H2,(H,18,19)(H,20,21);1H2,2H3,(H,5,6);3-6H,1-2H2. The predicted octanol–water partition coefficient (Wildman–Crippen LogP) is -0.131. The van der Waals surface area contributed by atoms with Crippen molar-refractivity contribution in [2.45, 2.75) is 25.9 Å². The molecule has 0 atom stereocenters. The maximum absolute atomic E-state index is 11.4. The first-order valence-electron chi connectivity index (χ1n) is 9.67. The topological polar surface area (TPSA) is 219 Å². The van der Waals surface area contributed by atoms with Crippen LogP contribution in [0.1, 0.15) is 38.8 Å². The van der Waals surface area contributed by atoms with Gasteiger partial charge < -0.3 is 40.5 Å². The fourth-order valence-electron chi connectivity index (χ4n) is 2.12. The summed E-state index contributed by atoms with van der Waals surface area (Å²) in [6.45, 7) is 6.79. The molecule has 1 rings (SSSR count). The Balaban J connectivity index is 0. The van der Waals surface area contributed by atoms with Gasteiger partial charge in [0.1, 0.15) is 6.10 Å². The number of benzene rings is 1. The summed E-state index contributed by atoms with van der Waals surface area (Å²) in [7, 11) is 0. The lowest BCUT2D eigenvalue weighted by atomic mass is 9.92. The maximum Gasteiger partial charge on any atom is 0.336 e. The van der Waals surface area contributed by atoms with Crippen LogP contribution in [-0.4, -0.2) is 92.2 Å². The smallest absolute Gasteiger partial charge is 0.336 e. The average Bonchev–Trinajstić information content (AvgIpc) is 2.79. The molecule has 0 fully saturated rings.